The Morgan fingerprint density at radius 2 is 0.477 bits per heavy atom. The van der Waals surface area contributed by atoms with Gasteiger partial charge in [0.2, 0.25) is 0 Å². The maximum absolute atomic E-state index is 11.8. The molecule has 0 spiro atoms. The molecule has 0 radical (unpaired) electrons. The molecule has 27 nitrogen and oxygen atoms in total. The fraction of sp³-hybridized carbons (Fsp3) is 0.787. The average Bonchev–Trinajstić information content (AvgIpc) is 0.872. The third-order valence-electron chi connectivity index (χ3n) is 22.3. The first-order valence-corrected chi connectivity index (χ1v) is 54.9. The number of allylic oxidation sites excluding steroid dienone is 4. The van der Waals surface area contributed by atoms with Crippen molar-refractivity contribution in [1.29, 1.82) is 0 Å². The van der Waals surface area contributed by atoms with Crippen LogP contribution in [0.3, 0.4) is 0 Å². The molecule has 0 aliphatic rings. The van der Waals surface area contributed by atoms with E-state index < -0.39 is 6.10 Å². The number of ketones is 17. The normalized spacial score (nSPS) is 11.6. The summed E-state index contributed by atoms with van der Waals surface area (Å²) in [6, 6.07) is 0. The molecule has 0 heterocycles. The average molecular weight is 2120 g/mol. The second-order valence-electron chi connectivity index (χ2n) is 46.5. The van der Waals surface area contributed by atoms with Crippen molar-refractivity contribution in [1.82, 2.24) is 0 Å². The molecule has 0 aliphatic heterocycles. The SMILES string of the molecule is CC(C)C(=O)/C=C/CC(=O)C(C)C.CC(C)C(=O)/C=C/CC(=O)C(C)C.CC(C)C(=O)CC(C)(C)CC(=O)C(C)C.CC(C)C(=O)CCC(C)(C)C(=O)C(C)C.CC(C)C(=O)CCCC(=O)C(C)C.CC(C)C(=O)CCCCC(=O)C(C)C.CC(C)C(=O)CCCOC(=O)C(C)C.CC(C)C(=O)CCOC(=O)C(C)C.CC(C)C(=O)COC(=O)C(C)C.CC(C)C(=O)OC(C)C(=O)C(C)C.CC(CC(=O)C(C)C)OC(=O)C(C)C. The molecule has 0 N–H and O–H groups in total. The summed E-state index contributed by atoms with van der Waals surface area (Å²) in [7, 11) is 0. The molecule has 2 atom stereocenters. The fourth-order valence-corrected chi connectivity index (χ4v) is 10.5. The zero-order valence-corrected chi connectivity index (χ0v) is 103. The molecule has 0 saturated carbocycles. The Hall–Kier alpha value is -8.78. The molecule has 27 heteroatoms. The van der Waals surface area contributed by atoms with E-state index >= 15 is 0 Å². The molecule has 0 saturated heterocycles. The molecule has 0 fully saturated rings. The van der Waals surface area contributed by atoms with E-state index in [9.17, 15) is 105 Å². The first-order valence-electron chi connectivity index (χ1n) is 54.9. The third-order valence-corrected chi connectivity index (χ3v) is 22.3. The van der Waals surface area contributed by atoms with E-state index in [4.69, 9.17) is 23.7 Å². The lowest BCUT2D eigenvalue weighted by atomic mass is 9.78. The van der Waals surface area contributed by atoms with Crippen LogP contribution >= 0.6 is 0 Å². The number of unbranched alkanes of at least 4 members (excludes halogenated alkanes) is 1. The van der Waals surface area contributed by atoms with Crippen molar-refractivity contribution in [2.45, 2.75) is 468 Å². The van der Waals surface area contributed by atoms with Gasteiger partial charge in [0.15, 0.2) is 29.2 Å². The number of rotatable bonds is 59. The number of hydrogen-bond donors (Lipinski definition) is 0. The van der Waals surface area contributed by atoms with Gasteiger partial charge in [0.05, 0.1) is 42.8 Å². The Morgan fingerprint density at radius 1 is 0.221 bits per heavy atom. The topological polar surface area (TPSA) is 422 Å². The second kappa shape index (κ2) is 91.8. The van der Waals surface area contributed by atoms with Crippen molar-refractivity contribution in [3.05, 3.63) is 24.3 Å². The highest BCUT2D eigenvalue weighted by Crippen LogP contribution is 2.30. The standard InChI is InChI=1S/2C13H24O2.C12H22O2.2C11H20O3.C11H20O2.2C11H18O2.2C10H18O3.C9H16O3/c1-9(2)11(14)7-13(5,6)8-12(15)10(3)4;1-9(2)11(14)7-8-13(5,6)12(15)10(3)4;1-9(2)11(13)7-5-6-8-12(14)10(3)4;1-7(2)10(12)6-9(5)14-11(13)8(3)4;1-8(2)10(12)6-5-7-14-11(13)9(3)4;3*1-8(2)10(12)6-5-7-11(13)9(3)4;1-7(2)9(11)5-6-13-10(12)8(3)4;1-6(2)9(11)8(5)13-10(12)7(3)4;1-6(2)8(10)5-12-9(11)7(3)4/h2*9-10H,7-8H2,1-6H3;9-10H,5-8H2,1-4H3;7-9H,6H2,1-5H3;8-9H,5-7H2,1-4H3;8-9H,5-7H2,1-4H3;2*5-6,8-9H,7H2,1-4H3;7-8H,5-6H2,1-4H3;6-8H,1-5H3;6-7H,5H2,1-4H3/b;;;;;;2*6-5+;;;. The van der Waals surface area contributed by atoms with Gasteiger partial charge in [-0.05, 0) is 63.5 Å². The van der Waals surface area contributed by atoms with E-state index in [1.807, 2.05) is 235 Å². The molecule has 0 aliphatic carbocycles. The lowest BCUT2D eigenvalue weighted by Gasteiger charge is -2.25. The highest BCUT2D eigenvalue weighted by molar-refractivity contribution is 5.94. The molecule has 0 bridgehead atoms. The van der Waals surface area contributed by atoms with Gasteiger partial charge in [0, 0.05) is 183 Å². The second-order valence-corrected chi connectivity index (χ2v) is 46.5. The molecule has 868 valence electrons. The smallest absolute Gasteiger partial charge is 0.309 e. The number of carbonyl (C=O) groups excluding carboxylic acids is 22. The summed E-state index contributed by atoms with van der Waals surface area (Å²) in [4.78, 5) is 247. The van der Waals surface area contributed by atoms with Crippen LogP contribution in [-0.2, 0) is 129 Å². The Bertz CT molecular complexity index is 3670. The minimum Gasteiger partial charge on any atom is -0.465 e. The van der Waals surface area contributed by atoms with Crippen LogP contribution < -0.4 is 0 Å². The molecule has 2 unspecified atom stereocenters. The van der Waals surface area contributed by atoms with Gasteiger partial charge in [0.25, 0.3) is 0 Å². The van der Waals surface area contributed by atoms with Crippen LogP contribution in [0.5, 0.6) is 0 Å². The highest BCUT2D eigenvalue weighted by atomic mass is 16.6. The van der Waals surface area contributed by atoms with Gasteiger partial charge >= 0.3 is 29.8 Å². The molecular formula is C122H218O27. The van der Waals surface area contributed by atoms with Gasteiger partial charge in [-0.2, -0.15) is 0 Å². The molecule has 0 aromatic carbocycles. The van der Waals surface area contributed by atoms with Gasteiger partial charge in [0.1, 0.15) is 87.9 Å². The monoisotopic (exact) mass is 2120 g/mol. The van der Waals surface area contributed by atoms with Crippen molar-refractivity contribution >= 4 is 128 Å². The summed E-state index contributed by atoms with van der Waals surface area (Å²) in [6.07, 6.45) is 14.9. The zero-order valence-electron chi connectivity index (χ0n) is 103. The van der Waals surface area contributed by atoms with Crippen molar-refractivity contribution in [2.75, 3.05) is 19.8 Å². The van der Waals surface area contributed by atoms with Crippen molar-refractivity contribution in [3.63, 3.8) is 0 Å². The maximum Gasteiger partial charge on any atom is 0.309 e. The molecule has 0 aromatic heterocycles. The summed E-state index contributed by atoms with van der Waals surface area (Å²) < 4.78 is 24.6. The summed E-state index contributed by atoms with van der Waals surface area (Å²) in [5.74, 6) is 1.93. The van der Waals surface area contributed by atoms with Crippen LogP contribution in [0.4, 0.5) is 0 Å². The van der Waals surface area contributed by atoms with E-state index in [-0.39, 0.29) is 277 Å². The number of carbonyl (C=O) groups is 22. The summed E-state index contributed by atoms with van der Waals surface area (Å²) in [5.41, 5.74) is -0.554. The van der Waals surface area contributed by atoms with Crippen LogP contribution in [0.25, 0.3) is 0 Å². The predicted molar refractivity (Wildman–Crippen MR) is 600 cm³/mol. The van der Waals surface area contributed by atoms with Crippen molar-refractivity contribution < 1.29 is 129 Å². The molecule has 149 heavy (non-hydrogen) atoms. The Morgan fingerprint density at radius 3 is 0.745 bits per heavy atom. The molecule has 0 rings (SSSR count). The lowest BCUT2D eigenvalue weighted by Crippen LogP contribution is -2.29. The first kappa shape index (κ1) is 163. The van der Waals surface area contributed by atoms with E-state index in [1.165, 1.54) is 12.2 Å². The van der Waals surface area contributed by atoms with E-state index in [2.05, 4.69) is 0 Å². The van der Waals surface area contributed by atoms with E-state index in [0.29, 0.717) is 114 Å². The fourth-order valence-electron chi connectivity index (χ4n) is 10.5. The van der Waals surface area contributed by atoms with E-state index in [1.54, 1.807) is 123 Å². The highest BCUT2D eigenvalue weighted by Gasteiger charge is 2.32. The molecule has 0 aromatic rings. The zero-order chi connectivity index (χ0) is 120. The molecule has 0 amide bonds. The summed E-state index contributed by atoms with van der Waals surface area (Å²) in [5, 5.41) is 0. The van der Waals surface area contributed by atoms with Crippen LogP contribution in [0.15, 0.2) is 24.3 Å². The Balaban J connectivity index is -0.000000156. The minimum absolute atomic E-state index is 0.00945. The Kier molecular flexibility index (Phi) is 100. The van der Waals surface area contributed by atoms with Gasteiger partial charge in [-0.3, -0.25) is 105 Å². The van der Waals surface area contributed by atoms with Crippen molar-refractivity contribution in [2.24, 2.45) is 141 Å². The summed E-state index contributed by atoms with van der Waals surface area (Å²) in [6.45, 7) is 93.0. The number of Topliss-reactive ketones (excluding diaryl/α,β-unsaturated/α-hetero) is 15. The first-order chi connectivity index (χ1) is 67.7. The van der Waals surface area contributed by atoms with Gasteiger partial charge in [-0.15, -0.1) is 0 Å². The van der Waals surface area contributed by atoms with Crippen LogP contribution in [-0.4, -0.2) is 160 Å². The predicted octanol–water partition coefficient (Wildman–Crippen LogP) is 26.2. The van der Waals surface area contributed by atoms with Crippen LogP contribution in [0.1, 0.15) is 455 Å². The quantitative estimate of drug-likeness (QED) is 0.0236. The number of hydrogen-bond acceptors (Lipinski definition) is 27. The maximum atomic E-state index is 11.8. The Labute approximate surface area is 905 Å². The van der Waals surface area contributed by atoms with Gasteiger partial charge < -0.3 is 23.7 Å². The lowest BCUT2D eigenvalue weighted by molar-refractivity contribution is -0.158. The van der Waals surface area contributed by atoms with Gasteiger partial charge in [-0.25, -0.2) is 0 Å². The largest absolute Gasteiger partial charge is 0.465 e. The van der Waals surface area contributed by atoms with Crippen LogP contribution in [0.2, 0.25) is 0 Å². The van der Waals surface area contributed by atoms with Crippen LogP contribution in [0, 0.1) is 141 Å². The number of ether oxygens (including phenoxy) is 5. The van der Waals surface area contributed by atoms with Crippen molar-refractivity contribution in [3.8, 4) is 0 Å². The molecular weight excluding hydrogens is 1900 g/mol. The summed E-state index contributed by atoms with van der Waals surface area (Å²) >= 11 is 0. The number of esters is 5. The van der Waals surface area contributed by atoms with E-state index in [0.717, 1.165) is 12.8 Å². The third kappa shape index (κ3) is 102. The minimum atomic E-state index is -0.616. The van der Waals surface area contributed by atoms with Gasteiger partial charge in [-0.1, -0.05) is 344 Å².